The van der Waals surface area contributed by atoms with Gasteiger partial charge in [-0.05, 0) is 49.4 Å². The Hall–Kier alpha value is -4.20. The first-order valence-electron chi connectivity index (χ1n) is 9.15. The Kier molecular flexibility index (Phi) is 4.17. The summed E-state index contributed by atoms with van der Waals surface area (Å²) < 4.78 is 20.1. The summed E-state index contributed by atoms with van der Waals surface area (Å²) in [6.07, 6.45) is 1.58. The maximum absolute atomic E-state index is 13.1. The van der Waals surface area contributed by atoms with Crippen LogP contribution in [0.5, 0.6) is 0 Å². The molecule has 30 heavy (non-hydrogen) atoms. The Bertz CT molecular complexity index is 1490. The summed E-state index contributed by atoms with van der Waals surface area (Å²) in [5.74, 6) is -0.346. The number of azo groups is 1. The first kappa shape index (κ1) is 17.9. The number of aromatic nitrogens is 3. The number of nitrogens with zero attached hydrogens (tertiary/aromatic N) is 5. The van der Waals surface area contributed by atoms with E-state index in [9.17, 15) is 9.18 Å². The Labute approximate surface area is 169 Å². The lowest BCUT2D eigenvalue weighted by Crippen LogP contribution is -2.07. The molecule has 0 aliphatic heterocycles. The Morgan fingerprint density at radius 1 is 1.03 bits per heavy atom. The highest BCUT2D eigenvalue weighted by Gasteiger charge is 2.17. The van der Waals surface area contributed by atoms with E-state index in [1.54, 1.807) is 35.8 Å². The number of hydrogen-bond acceptors (Lipinski definition) is 6. The monoisotopic (exact) mass is 399 g/mol. The van der Waals surface area contributed by atoms with Gasteiger partial charge >= 0.3 is 5.63 Å². The van der Waals surface area contributed by atoms with Gasteiger partial charge in [0.15, 0.2) is 11.3 Å². The van der Waals surface area contributed by atoms with Crippen molar-refractivity contribution < 1.29 is 8.81 Å². The van der Waals surface area contributed by atoms with Crippen molar-refractivity contribution in [3.63, 3.8) is 0 Å². The Morgan fingerprint density at radius 2 is 1.83 bits per heavy atom. The van der Waals surface area contributed by atoms with Gasteiger partial charge in [-0.2, -0.15) is 10.2 Å². The molecule has 0 spiro atoms. The molecule has 0 radical (unpaired) electrons. The Balaban J connectivity index is 1.66. The van der Waals surface area contributed by atoms with E-state index >= 15 is 0 Å². The molecule has 0 aliphatic rings. The van der Waals surface area contributed by atoms with Gasteiger partial charge in [0.05, 0.1) is 22.6 Å². The predicted molar refractivity (Wildman–Crippen MR) is 110 cm³/mol. The molecule has 0 saturated heterocycles. The minimum Gasteiger partial charge on any atom is -0.422 e. The maximum atomic E-state index is 13.1. The summed E-state index contributed by atoms with van der Waals surface area (Å²) in [6.45, 7) is 1.78. The number of aryl methyl sites for hydroxylation is 1. The SMILES string of the molecule is Cc1nn2c(-c3cc4ccccc4oc3=O)ccnc2c1N=Nc1ccc(F)cc1. The maximum Gasteiger partial charge on any atom is 0.345 e. The lowest BCUT2D eigenvalue weighted by Gasteiger charge is -2.04. The molecule has 2 aromatic carbocycles. The van der Waals surface area contributed by atoms with Crippen LogP contribution in [-0.4, -0.2) is 14.6 Å². The van der Waals surface area contributed by atoms with Gasteiger partial charge in [-0.3, -0.25) is 0 Å². The lowest BCUT2D eigenvalue weighted by atomic mass is 10.1. The molecule has 8 heteroatoms. The average molecular weight is 399 g/mol. The summed E-state index contributed by atoms with van der Waals surface area (Å²) in [5, 5.41) is 13.7. The normalized spacial score (nSPS) is 11.7. The van der Waals surface area contributed by atoms with Gasteiger partial charge in [0.25, 0.3) is 0 Å². The molecule has 3 aromatic heterocycles. The lowest BCUT2D eigenvalue weighted by molar-refractivity contribution is 0.562. The third kappa shape index (κ3) is 3.04. The van der Waals surface area contributed by atoms with E-state index in [0.29, 0.717) is 39.6 Å². The van der Waals surface area contributed by atoms with E-state index in [1.807, 2.05) is 18.2 Å². The molecule has 0 aliphatic carbocycles. The smallest absolute Gasteiger partial charge is 0.345 e. The summed E-state index contributed by atoms with van der Waals surface area (Å²) in [5.41, 5.74) is 2.95. The number of halogens is 1. The van der Waals surface area contributed by atoms with Crippen LogP contribution < -0.4 is 5.63 Å². The molecule has 3 heterocycles. The van der Waals surface area contributed by atoms with Gasteiger partial charge in [-0.25, -0.2) is 18.7 Å². The molecule has 0 bridgehead atoms. The van der Waals surface area contributed by atoms with Gasteiger partial charge < -0.3 is 4.42 Å². The first-order chi connectivity index (χ1) is 14.6. The van der Waals surface area contributed by atoms with Crippen molar-refractivity contribution in [3.8, 4) is 11.3 Å². The molecule has 0 atom stereocenters. The van der Waals surface area contributed by atoms with Crippen molar-refractivity contribution in [1.82, 2.24) is 14.6 Å². The van der Waals surface area contributed by atoms with Crippen LogP contribution in [-0.2, 0) is 0 Å². The van der Waals surface area contributed by atoms with Gasteiger partial charge in [0.1, 0.15) is 11.4 Å². The minimum atomic E-state index is -0.469. The second-order valence-corrected chi connectivity index (χ2v) is 6.66. The largest absolute Gasteiger partial charge is 0.422 e. The molecule has 0 N–H and O–H groups in total. The molecule has 0 unspecified atom stereocenters. The van der Waals surface area contributed by atoms with Crippen LogP contribution in [0.4, 0.5) is 15.8 Å². The molecule has 0 fully saturated rings. The van der Waals surface area contributed by atoms with Crippen molar-refractivity contribution in [2.75, 3.05) is 0 Å². The third-order valence-corrected chi connectivity index (χ3v) is 4.67. The molecule has 0 amide bonds. The van der Waals surface area contributed by atoms with Gasteiger partial charge in [-0.1, -0.05) is 18.2 Å². The van der Waals surface area contributed by atoms with E-state index < -0.39 is 5.63 Å². The molecule has 146 valence electrons. The second-order valence-electron chi connectivity index (χ2n) is 6.66. The predicted octanol–water partition coefficient (Wildman–Crippen LogP) is 5.37. The fourth-order valence-corrected chi connectivity index (χ4v) is 3.22. The van der Waals surface area contributed by atoms with Crippen LogP contribution in [0, 0.1) is 12.7 Å². The van der Waals surface area contributed by atoms with Crippen LogP contribution in [0.3, 0.4) is 0 Å². The highest BCUT2D eigenvalue weighted by Crippen LogP contribution is 2.29. The second kappa shape index (κ2) is 7.00. The topological polar surface area (TPSA) is 85.1 Å². The van der Waals surface area contributed by atoms with Crippen molar-refractivity contribution in [3.05, 3.63) is 88.8 Å². The highest BCUT2D eigenvalue weighted by atomic mass is 19.1. The molecular formula is C22H14FN5O2. The number of hydrogen-bond donors (Lipinski definition) is 0. The van der Waals surface area contributed by atoms with Crippen molar-refractivity contribution in [1.29, 1.82) is 0 Å². The molecule has 5 aromatic rings. The molecule has 7 nitrogen and oxygen atoms in total. The fraction of sp³-hybridized carbons (Fsp3) is 0.0455. The van der Waals surface area contributed by atoms with Crippen molar-refractivity contribution in [2.45, 2.75) is 6.92 Å². The summed E-state index contributed by atoms with van der Waals surface area (Å²) in [6, 6.07) is 16.4. The van der Waals surface area contributed by atoms with Gasteiger partial charge in [-0.15, -0.1) is 5.11 Å². The molecule has 0 saturated carbocycles. The molecular weight excluding hydrogens is 385 g/mol. The number of benzene rings is 2. The quantitative estimate of drug-likeness (QED) is 0.302. The Morgan fingerprint density at radius 3 is 2.67 bits per heavy atom. The van der Waals surface area contributed by atoms with Crippen LogP contribution in [0.15, 0.2) is 86.3 Å². The van der Waals surface area contributed by atoms with Crippen LogP contribution >= 0.6 is 0 Å². The van der Waals surface area contributed by atoms with Crippen LogP contribution in [0.2, 0.25) is 0 Å². The average Bonchev–Trinajstić information content (AvgIpc) is 3.08. The molecule has 5 rings (SSSR count). The zero-order valence-electron chi connectivity index (χ0n) is 15.8. The number of rotatable bonds is 3. The minimum absolute atomic E-state index is 0.346. The zero-order valence-corrected chi connectivity index (χ0v) is 15.8. The summed E-state index contributed by atoms with van der Waals surface area (Å²) in [7, 11) is 0. The summed E-state index contributed by atoms with van der Waals surface area (Å²) in [4.78, 5) is 17.0. The van der Waals surface area contributed by atoms with Gasteiger partial charge in [0.2, 0.25) is 0 Å². The van der Waals surface area contributed by atoms with E-state index in [4.69, 9.17) is 4.42 Å². The van der Waals surface area contributed by atoms with E-state index in [-0.39, 0.29) is 5.82 Å². The number of fused-ring (bicyclic) bond motifs is 2. The van der Waals surface area contributed by atoms with E-state index in [1.165, 1.54) is 24.3 Å². The van der Waals surface area contributed by atoms with E-state index in [2.05, 4.69) is 20.3 Å². The standard InChI is InChI=1S/C22H14FN5O2/c1-13-20(26-25-16-8-6-15(23)7-9-16)21-24-11-10-18(28(21)27-13)17-12-14-4-2-3-5-19(14)30-22(17)29/h2-12H,1H3. The van der Waals surface area contributed by atoms with Crippen LogP contribution in [0.25, 0.3) is 27.9 Å². The number of para-hydroxylation sites is 1. The van der Waals surface area contributed by atoms with Crippen molar-refractivity contribution >= 4 is 28.0 Å². The fourth-order valence-electron chi connectivity index (χ4n) is 3.22. The van der Waals surface area contributed by atoms with Crippen LogP contribution in [0.1, 0.15) is 5.69 Å². The van der Waals surface area contributed by atoms with E-state index in [0.717, 1.165) is 5.39 Å². The first-order valence-corrected chi connectivity index (χ1v) is 9.15. The van der Waals surface area contributed by atoms with Crippen molar-refractivity contribution in [2.24, 2.45) is 10.2 Å². The highest BCUT2D eigenvalue weighted by molar-refractivity contribution is 5.81. The summed E-state index contributed by atoms with van der Waals surface area (Å²) >= 11 is 0. The zero-order chi connectivity index (χ0) is 20.7. The third-order valence-electron chi connectivity index (χ3n) is 4.67. The van der Waals surface area contributed by atoms with Gasteiger partial charge in [0, 0.05) is 11.6 Å².